The van der Waals surface area contributed by atoms with Crippen LogP contribution in [0.2, 0.25) is 0 Å². The van der Waals surface area contributed by atoms with Crippen LogP contribution in [0.1, 0.15) is 25.5 Å². The molecule has 1 aromatic heterocycles. The Labute approximate surface area is 180 Å². The van der Waals surface area contributed by atoms with Crippen molar-refractivity contribution in [2.75, 3.05) is 37.0 Å². The minimum atomic E-state index is -0.0721. The van der Waals surface area contributed by atoms with Crippen LogP contribution in [0.5, 0.6) is 0 Å². The largest absolute Gasteiger partial charge is 0.378 e. The van der Waals surface area contributed by atoms with Crippen LogP contribution in [0.15, 0.2) is 47.6 Å². The van der Waals surface area contributed by atoms with Crippen LogP contribution in [0, 0.1) is 0 Å². The number of fused-ring (bicyclic) bond motifs is 1. The average Bonchev–Trinajstić information content (AvgIpc) is 3.20. The van der Waals surface area contributed by atoms with E-state index in [9.17, 15) is 4.79 Å². The highest BCUT2D eigenvalue weighted by atomic mass is 32.2. The molecule has 1 aliphatic rings. The van der Waals surface area contributed by atoms with Gasteiger partial charge in [-0.2, -0.15) is 0 Å². The molecule has 3 aromatic rings. The van der Waals surface area contributed by atoms with Crippen LogP contribution in [0.25, 0.3) is 10.8 Å². The lowest BCUT2D eigenvalue weighted by atomic mass is 10.00. The topological polar surface area (TPSA) is 72.3 Å². The Morgan fingerprint density at radius 2 is 1.93 bits per heavy atom. The lowest BCUT2D eigenvalue weighted by Crippen LogP contribution is -2.38. The number of thioether (sulfide) groups is 1. The van der Waals surface area contributed by atoms with Gasteiger partial charge in [-0.3, -0.25) is 9.36 Å². The number of anilines is 1. The maximum atomic E-state index is 12.6. The van der Waals surface area contributed by atoms with Crippen LogP contribution in [0.3, 0.4) is 0 Å². The first-order chi connectivity index (χ1) is 14.7. The summed E-state index contributed by atoms with van der Waals surface area (Å²) in [6, 6.07) is 14.4. The molecule has 1 N–H and O–H groups in total. The summed E-state index contributed by atoms with van der Waals surface area (Å²) in [5.41, 5.74) is 1.12. The second-order valence-electron chi connectivity index (χ2n) is 7.27. The zero-order chi connectivity index (χ0) is 20.9. The van der Waals surface area contributed by atoms with Gasteiger partial charge >= 0.3 is 0 Å². The second kappa shape index (κ2) is 9.49. The molecule has 1 atom stereocenters. The van der Waals surface area contributed by atoms with Crippen molar-refractivity contribution in [3.63, 3.8) is 0 Å². The van der Waals surface area contributed by atoms with Crippen LogP contribution in [-0.2, 0) is 16.1 Å². The normalized spacial score (nSPS) is 15.3. The highest BCUT2D eigenvalue weighted by Gasteiger charge is 2.20. The molecule has 1 amide bonds. The lowest BCUT2D eigenvalue weighted by molar-refractivity contribution is -0.119. The molecule has 0 saturated carbocycles. The van der Waals surface area contributed by atoms with Gasteiger partial charge in [0.25, 0.3) is 0 Å². The third kappa shape index (κ3) is 4.44. The number of hydrogen-bond donors (Lipinski definition) is 1. The second-order valence-corrected chi connectivity index (χ2v) is 8.22. The molecule has 4 rings (SSSR count). The molecule has 1 saturated heterocycles. The van der Waals surface area contributed by atoms with Crippen molar-refractivity contribution in [2.24, 2.45) is 0 Å². The molecule has 0 bridgehead atoms. The lowest BCUT2D eigenvalue weighted by Gasteiger charge is -2.27. The number of ether oxygens (including phenoxy) is 1. The molecular weight excluding hydrogens is 398 g/mol. The van der Waals surface area contributed by atoms with Crippen molar-refractivity contribution in [3.05, 3.63) is 48.0 Å². The fourth-order valence-corrected chi connectivity index (χ4v) is 4.59. The van der Waals surface area contributed by atoms with Crippen LogP contribution < -0.4 is 10.2 Å². The molecule has 0 aliphatic carbocycles. The van der Waals surface area contributed by atoms with E-state index in [2.05, 4.69) is 56.2 Å². The van der Waals surface area contributed by atoms with Gasteiger partial charge in [0.2, 0.25) is 11.9 Å². The van der Waals surface area contributed by atoms with Crippen LogP contribution in [-0.4, -0.2) is 52.7 Å². The van der Waals surface area contributed by atoms with E-state index in [0.717, 1.165) is 36.3 Å². The molecule has 1 fully saturated rings. The Hall–Kier alpha value is -2.58. The van der Waals surface area contributed by atoms with Crippen LogP contribution in [0.4, 0.5) is 5.95 Å². The standard InChI is InChI=1S/C22H27N5O2S/c1-3-27-21(26-11-13-29-14-12-26)24-25-22(27)30-15-20(28)23-16(2)18-10-6-8-17-7-4-5-9-19(17)18/h4-10,16H,3,11-15H2,1-2H3,(H,23,28)/t16-/m1/s1. The molecule has 1 aliphatic heterocycles. The summed E-state index contributed by atoms with van der Waals surface area (Å²) in [7, 11) is 0. The van der Waals surface area contributed by atoms with Crippen molar-refractivity contribution in [3.8, 4) is 0 Å². The maximum Gasteiger partial charge on any atom is 0.230 e. The zero-order valence-electron chi connectivity index (χ0n) is 17.4. The predicted molar refractivity (Wildman–Crippen MR) is 120 cm³/mol. The van der Waals surface area contributed by atoms with E-state index in [1.807, 2.05) is 25.1 Å². The van der Waals surface area contributed by atoms with Crippen LogP contribution >= 0.6 is 11.8 Å². The average molecular weight is 426 g/mol. The van der Waals surface area contributed by atoms with Crippen molar-refractivity contribution in [1.82, 2.24) is 20.1 Å². The number of carbonyl (C=O) groups is 1. The van der Waals surface area contributed by atoms with Crippen molar-refractivity contribution in [1.29, 1.82) is 0 Å². The summed E-state index contributed by atoms with van der Waals surface area (Å²) in [4.78, 5) is 14.8. The van der Waals surface area contributed by atoms with Crippen molar-refractivity contribution in [2.45, 2.75) is 31.6 Å². The van der Waals surface area contributed by atoms with Crippen molar-refractivity contribution >= 4 is 34.4 Å². The Morgan fingerprint density at radius 3 is 2.73 bits per heavy atom. The van der Waals surface area contributed by atoms with E-state index in [-0.39, 0.29) is 11.9 Å². The van der Waals surface area contributed by atoms with E-state index < -0.39 is 0 Å². The van der Waals surface area contributed by atoms with E-state index in [0.29, 0.717) is 19.0 Å². The van der Waals surface area contributed by atoms with E-state index in [4.69, 9.17) is 4.74 Å². The Balaban J connectivity index is 1.39. The molecule has 0 spiro atoms. The van der Waals surface area contributed by atoms with E-state index in [1.54, 1.807) is 0 Å². The summed E-state index contributed by atoms with van der Waals surface area (Å²) in [6.07, 6.45) is 0. The van der Waals surface area contributed by atoms with Gasteiger partial charge in [0.1, 0.15) is 0 Å². The first-order valence-electron chi connectivity index (χ1n) is 10.3. The monoisotopic (exact) mass is 425 g/mol. The number of nitrogens with zero attached hydrogens (tertiary/aromatic N) is 4. The summed E-state index contributed by atoms with van der Waals surface area (Å²) in [5, 5.41) is 14.9. The molecular formula is C22H27N5O2S. The van der Waals surface area contributed by atoms with Gasteiger partial charge in [0.05, 0.1) is 25.0 Å². The molecule has 158 valence electrons. The van der Waals surface area contributed by atoms with Gasteiger partial charge in [-0.15, -0.1) is 10.2 Å². The third-order valence-corrected chi connectivity index (χ3v) is 6.27. The third-order valence-electron chi connectivity index (χ3n) is 5.31. The number of hydrogen-bond acceptors (Lipinski definition) is 6. The van der Waals surface area contributed by atoms with Gasteiger partial charge in [-0.05, 0) is 30.2 Å². The fourth-order valence-electron chi connectivity index (χ4n) is 3.78. The quantitative estimate of drug-likeness (QED) is 0.586. The Morgan fingerprint density at radius 1 is 1.17 bits per heavy atom. The number of amides is 1. The smallest absolute Gasteiger partial charge is 0.230 e. The van der Waals surface area contributed by atoms with Gasteiger partial charge in [0.15, 0.2) is 5.16 Å². The number of rotatable bonds is 7. The number of carbonyl (C=O) groups excluding carboxylic acids is 1. The van der Waals surface area contributed by atoms with E-state index >= 15 is 0 Å². The van der Waals surface area contributed by atoms with Gasteiger partial charge in [-0.25, -0.2) is 0 Å². The molecule has 0 unspecified atom stereocenters. The Kier molecular flexibility index (Phi) is 6.54. The highest BCUT2D eigenvalue weighted by molar-refractivity contribution is 7.99. The number of benzene rings is 2. The molecule has 7 nitrogen and oxygen atoms in total. The summed E-state index contributed by atoms with van der Waals surface area (Å²) < 4.78 is 7.49. The SMILES string of the molecule is CCn1c(SCC(=O)N[C@H](C)c2cccc3ccccc23)nnc1N1CCOCC1. The summed E-state index contributed by atoms with van der Waals surface area (Å²) >= 11 is 1.42. The van der Waals surface area contributed by atoms with Gasteiger partial charge < -0.3 is 15.0 Å². The van der Waals surface area contributed by atoms with E-state index in [1.165, 1.54) is 22.5 Å². The molecule has 30 heavy (non-hydrogen) atoms. The zero-order valence-corrected chi connectivity index (χ0v) is 18.2. The van der Waals surface area contributed by atoms with Gasteiger partial charge in [0, 0.05) is 19.6 Å². The first kappa shape index (κ1) is 20.7. The first-order valence-corrected chi connectivity index (χ1v) is 11.3. The molecule has 0 radical (unpaired) electrons. The molecule has 2 aromatic carbocycles. The maximum absolute atomic E-state index is 12.6. The number of morpholine rings is 1. The highest BCUT2D eigenvalue weighted by Crippen LogP contribution is 2.25. The number of nitrogens with one attached hydrogen (secondary N) is 1. The van der Waals surface area contributed by atoms with Gasteiger partial charge in [-0.1, -0.05) is 54.2 Å². The van der Waals surface area contributed by atoms with Crippen molar-refractivity contribution < 1.29 is 9.53 Å². The summed E-state index contributed by atoms with van der Waals surface area (Å²) in [6.45, 7) is 7.88. The fraction of sp³-hybridized carbons (Fsp3) is 0.409. The summed E-state index contributed by atoms with van der Waals surface area (Å²) in [5.74, 6) is 1.14. The minimum Gasteiger partial charge on any atom is -0.378 e. The Bertz CT molecular complexity index is 1010. The number of aromatic nitrogens is 3. The minimum absolute atomic E-state index is 0.0148. The molecule has 2 heterocycles. The molecule has 8 heteroatoms. The predicted octanol–water partition coefficient (Wildman–Crippen LogP) is 3.26.